The van der Waals surface area contributed by atoms with Crippen LogP contribution in [0.25, 0.3) is 0 Å². The van der Waals surface area contributed by atoms with E-state index >= 15 is 0 Å². The summed E-state index contributed by atoms with van der Waals surface area (Å²) in [6, 6.07) is 0. The average molecular weight is 112 g/mol. The molecule has 1 saturated carbocycles. The first kappa shape index (κ1) is 4.80. The maximum Gasteiger partial charge on any atom is 0.0575 e. The minimum absolute atomic E-state index is 0.569. The Balaban J connectivity index is 2.01. The minimum atomic E-state index is 0.569. The quantitative estimate of drug-likeness (QED) is 0.460. The Kier molecular flexibility index (Phi) is 0.884. The molecule has 8 heavy (non-hydrogen) atoms. The second-order valence-electron chi connectivity index (χ2n) is 3.14. The largest absolute Gasteiger partial charge is 0.378 e. The van der Waals surface area contributed by atoms with Crippen molar-refractivity contribution in [3.05, 3.63) is 0 Å². The van der Waals surface area contributed by atoms with Gasteiger partial charge in [-0.25, -0.2) is 0 Å². The fourth-order valence-corrected chi connectivity index (χ4v) is 1.73. The monoisotopic (exact) mass is 112 g/mol. The summed E-state index contributed by atoms with van der Waals surface area (Å²) in [6.07, 6.45) is 3.46. The van der Waals surface area contributed by atoms with Crippen molar-refractivity contribution < 1.29 is 4.74 Å². The summed E-state index contributed by atoms with van der Waals surface area (Å²) in [6.45, 7) is 3.23. The van der Waals surface area contributed by atoms with Gasteiger partial charge in [0.1, 0.15) is 0 Å². The fraction of sp³-hybridized carbons (Fsp3) is 1.00. The Labute approximate surface area is 50.0 Å². The van der Waals surface area contributed by atoms with E-state index < -0.39 is 0 Å². The van der Waals surface area contributed by atoms with Gasteiger partial charge in [0, 0.05) is 6.61 Å². The molecule has 3 rings (SSSR count). The molecule has 1 nitrogen and oxygen atoms in total. The first-order chi connectivity index (χ1) is 3.86. The zero-order chi connectivity index (χ0) is 5.56. The lowest BCUT2D eigenvalue weighted by molar-refractivity contribution is -0.114. The molecule has 0 aromatic carbocycles. The zero-order valence-electron chi connectivity index (χ0n) is 5.26. The predicted octanol–water partition coefficient (Wildman–Crippen LogP) is 1.43. The molecule has 3 aliphatic rings. The Hall–Kier alpha value is -0.0400. The van der Waals surface area contributed by atoms with Crippen LogP contribution in [0.4, 0.5) is 0 Å². The van der Waals surface area contributed by atoms with Gasteiger partial charge < -0.3 is 4.74 Å². The van der Waals surface area contributed by atoms with E-state index in [1.54, 1.807) is 0 Å². The molecule has 1 aliphatic carbocycles. The van der Waals surface area contributed by atoms with Crippen molar-refractivity contribution in [1.82, 2.24) is 0 Å². The highest BCUT2D eigenvalue weighted by Crippen LogP contribution is 2.41. The molecular weight excluding hydrogens is 100 g/mol. The first-order valence-corrected chi connectivity index (χ1v) is 3.48. The molecule has 0 amide bonds. The number of rotatable bonds is 0. The number of fused-ring (bicyclic) bond motifs is 2. The second kappa shape index (κ2) is 1.47. The third-order valence-electron chi connectivity index (χ3n) is 2.53. The van der Waals surface area contributed by atoms with Gasteiger partial charge >= 0.3 is 0 Å². The standard InChI is InChI=1S/C7H12O/c1-5-7-2-6(3-7)4-8-5/h5-7H,2-4H2,1H3. The highest BCUT2D eigenvalue weighted by atomic mass is 16.5. The van der Waals surface area contributed by atoms with E-state index in [9.17, 15) is 0 Å². The fourth-order valence-electron chi connectivity index (χ4n) is 1.73. The zero-order valence-corrected chi connectivity index (χ0v) is 5.26. The first-order valence-electron chi connectivity index (χ1n) is 3.48. The highest BCUT2D eigenvalue weighted by molar-refractivity contribution is 4.87. The van der Waals surface area contributed by atoms with Gasteiger partial charge in [-0.05, 0) is 31.6 Å². The number of ether oxygens (including phenoxy) is 1. The van der Waals surface area contributed by atoms with Crippen LogP contribution in [-0.4, -0.2) is 12.7 Å². The van der Waals surface area contributed by atoms with Crippen molar-refractivity contribution in [1.29, 1.82) is 0 Å². The Morgan fingerprint density at radius 2 is 2.12 bits per heavy atom. The van der Waals surface area contributed by atoms with Gasteiger partial charge in [-0.15, -0.1) is 0 Å². The molecule has 0 aromatic heterocycles. The molecule has 46 valence electrons. The summed E-state index contributed by atoms with van der Waals surface area (Å²) in [5.41, 5.74) is 0. The van der Waals surface area contributed by atoms with Crippen LogP contribution in [0, 0.1) is 11.8 Å². The maximum atomic E-state index is 5.44. The molecule has 1 unspecified atom stereocenters. The van der Waals surface area contributed by atoms with Gasteiger partial charge in [0.15, 0.2) is 0 Å². The van der Waals surface area contributed by atoms with Crippen LogP contribution in [0.1, 0.15) is 19.8 Å². The van der Waals surface area contributed by atoms with E-state index in [-0.39, 0.29) is 0 Å². The lowest BCUT2D eigenvalue weighted by Gasteiger charge is -2.45. The Bertz CT molecular complexity index is 89.1. The molecular formula is C7H12O. The maximum absolute atomic E-state index is 5.44. The van der Waals surface area contributed by atoms with E-state index in [0.717, 1.165) is 18.4 Å². The smallest absolute Gasteiger partial charge is 0.0575 e. The Morgan fingerprint density at radius 3 is 2.38 bits per heavy atom. The van der Waals surface area contributed by atoms with Crippen LogP contribution in [0.15, 0.2) is 0 Å². The van der Waals surface area contributed by atoms with Gasteiger partial charge in [-0.3, -0.25) is 0 Å². The van der Waals surface area contributed by atoms with Gasteiger partial charge in [-0.1, -0.05) is 0 Å². The van der Waals surface area contributed by atoms with E-state index in [2.05, 4.69) is 6.92 Å². The molecule has 0 N–H and O–H groups in total. The van der Waals surface area contributed by atoms with Crippen molar-refractivity contribution in [2.75, 3.05) is 6.61 Å². The van der Waals surface area contributed by atoms with E-state index in [4.69, 9.17) is 4.74 Å². The van der Waals surface area contributed by atoms with E-state index in [1.165, 1.54) is 12.8 Å². The SMILES string of the molecule is CC1OCC2CC1C2. The van der Waals surface area contributed by atoms with Crippen molar-refractivity contribution in [2.45, 2.75) is 25.9 Å². The molecule has 2 aliphatic heterocycles. The third kappa shape index (κ3) is 0.510. The van der Waals surface area contributed by atoms with Crippen LogP contribution in [0.3, 0.4) is 0 Å². The molecule has 0 aromatic rings. The molecule has 0 radical (unpaired) electrons. The summed E-state index contributed by atoms with van der Waals surface area (Å²) >= 11 is 0. The molecule has 2 bridgehead atoms. The van der Waals surface area contributed by atoms with Gasteiger partial charge in [-0.2, -0.15) is 0 Å². The van der Waals surface area contributed by atoms with Gasteiger partial charge in [0.05, 0.1) is 6.10 Å². The van der Waals surface area contributed by atoms with Crippen molar-refractivity contribution in [3.8, 4) is 0 Å². The summed E-state index contributed by atoms with van der Waals surface area (Å²) in [4.78, 5) is 0. The molecule has 2 heterocycles. The summed E-state index contributed by atoms with van der Waals surface area (Å²) in [5.74, 6) is 1.87. The summed E-state index contributed by atoms with van der Waals surface area (Å²) < 4.78 is 5.44. The van der Waals surface area contributed by atoms with Crippen LogP contribution in [0.5, 0.6) is 0 Å². The summed E-state index contributed by atoms with van der Waals surface area (Å²) in [5, 5.41) is 0. The van der Waals surface area contributed by atoms with Crippen LogP contribution >= 0.6 is 0 Å². The lowest BCUT2D eigenvalue weighted by Crippen LogP contribution is -2.42. The molecule has 2 saturated heterocycles. The predicted molar refractivity (Wildman–Crippen MR) is 31.6 cm³/mol. The molecule has 1 heteroatoms. The highest BCUT2D eigenvalue weighted by Gasteiger charge is 2.38. The van der Waals surface area contributed by atoms with Crippen molar-refractivity contribution in [3.63, 3.8) is 0 Å². The Morgan fingerprint density at radius 1 is 1.38 bits per heavy atom. The minimum Gasteiger partial charge on any atom is -0.378 e. The third-order valence-corrected chi connectivity index (χ3v) is 2.53. The molecule has 1 atom stereocenters. The molecule has 3 fully saturated rings. The van der Waals surface area contributed by atoms with Gasteiger partial charge in [0.25, 0.3) is 0 Å². The number of hydrogen-bond donors (Lipinski definition) is 0. The van der Waals surface area contributed by atoms with Crippen LogP contribution < -0.4 is 0 Å². The topological polar surface area (TPSA) is 9.23 Å². The summed E-state index contributed by atoms with van der Waals surface area (Å²) in [7, 11) is 0. The normalized spacial score (nSPS) is 52.9. The molecule has 0 spiro atoms. The lowest BCUT2D eigenvalue weighted by atomic mass is 9.71. The van der Waals surface area contributed by atoms with Crippen LogP contribution in [0.2, 0.25) is 0 Å². The van der Waals surface area contributed by atoms with Crippen LogP contribution in [-0.2, 0) is 4.74 Å². The van der Waals surface area contributed by atoms with Gasteiger partial charge in [0.2, 0.25) is 0 Å². The van der Waals surface area contributed by atoms with Crippen molar-refractivity contribution >= 4 is 0 Å². The number of hydrogen-bond acceptors (Lipinski definition) is 1. The van der Waals surface area contributed by atoms with Crippen molar-refractivity contribution in [2.24, 2.45) is 11.8 Å². The average Bonchev–Trinajstić information content (AvgIpc) is 1.62. The second-order valence-corrected chi connectivity index (χ2v) is 3.14. The van der Waals surface area contributed by atoms with E-state index in [0.29, 0.717) is 6.10 Å². The van der Waals surface area contributed by atoms with E-state index in [1.807, 2.05) is 0 Å².